The van der Waals surface area contributed by atoms with Gasteiger partial charge in [-0.25, -0.2) is 4.98 Å². The lowest BCUT2D eigenvalue weighted by Gasteiger charge is -2.04. The molecule has 1 aromatic carbocycles. The van der Waals surface area contributed by atoms with Crippen LogP contribution >= 0.6 is 0 Å². The van der Waals surface area contributed by atoms with E-state index in [0.717, 1.165) is 17.9 Å². The van der Waals surface area contributed by atoms with Gasteiger partial charge in [-0.1, -0.05) is 12.1 Å². The molecule has 0 fully saturated rings. The molecule has 0 amide bonds. The van der Waals surface area contributed by atoms with Crippen LogP contribution < -0.4 is 10.1 Å². The number of nitrogens with zero attached hydrogens (tertiary/aromatic N) is 1. The monoisotopic (exact) mass is 262 g/mol. The van der Waals surface area contributed by atoms with Gasteiger partial charge in [-0.15, -0.1) is 0 Å². The minimum atomic E-state index is 0.582. The minimum Gasteiger partial charge on any atom is -0.496 e. The zero-order valence-electron chi connectivity index (χ0n) is 11.2. The third-order valence-electron chi connectivity index (χ3n) is 2.69. The molecule has 0 saturated carbocycles. The van der Waals surface area contributed by atoms with Gasteiger partial charge in [0.1, 0.15) is 5.75 Å². The second-order valence-corrected chi connectivity index (χ2v) is 3.99. The van der Waals surface area contributed by atoms with Gasteiger partial charge < -0.3 is 19.2 Å². The Kier molecular flexibility index (Phi) is 4.94. The van der Waals surface area contributed by atoms with Gasteiger partial charge in [0, 0.05) is 13.7 Å². The molecule has 0 aliphatic rings. The summed E-state index contributed by atoms with van der Waals surface area (Å²) in [6, 6.07) is 7.71. The van der Waals surface area contributed by atoms with Crippen molar-refractivity contribution in [2.45, 2.75) is 6.54 Å². The molecule has 1 aromatic heterocycles. The molecule has 0 saturated heterocycles. The van der Waals surface area contributed by atoms with Crippen molar-refractivity contribution < 1.29 is 13.9 Å². The zero-order chi connectivity index (χ0) is 13.5. The van der Waals surface area contributed by atoms with Crippen molar-refractivity contribution in [2.75, 3.05) is 27.4 Å². The average Bonchev–Trinajstić information content (AvgIpc) is 2.92. The van der Waals surface area contributed by atoms with Crippen LogP contribution in [-0.4, -0.2) is 32.4 Å². The first-order valence-electron chi connectivity index (χ1n) is 6.13. The zero-order valence-corrected chi connectivity index (χ0v) is 11.2. The molecular weight excluding hydrogens is 244 g/mol. The molecule has 5 nitrogen and oxygen atoms in total. The molecule has 0 spiro atoms. The van der Waals surface area contributed by atoms with E-state index < -0.39 is 0 Å². The highest BCUT2D eigenvalue weighted by molar-refractivity contribution is 5.64. The third-order valence-corrected chi connectivity index (χ3v) is 2.69. The molecule has 0 unspecified atom stereocenters. The Balaban J connectivity index is 2.04. The van der Waals surface area contributed by atoms with Gasteiger partial charge in [0.15, 0.2) is 5.76 Å². The Morgan fingerprint density at radius 3 is 2.89 bits per heavy atom. The number of rotatable bonds is 7. The molecule has 2 rings (SSSR count). The smallest absolute Gasteiger partial charge is 0.208 e. The Morgan fingerprint density at radius 2 is 2.11 bits per heavy atom. The van der Waals surface area contributed by atoms with E-state index in [1.807, 2.05) is 24.3 Å². The van der Waals surface area contributed by atoms with Gasteiger partial charge >= 0.3 is 0 Å². The van der Waals surface area contributed by atoms with E-state index in [0.29, 0.717) is 24.8 Å². The minimum absolute atomic E-state index is 0.582. The van der Waals surface area contributed by atoms with Crippen molar-refractivity contribution >= 4 is 0 Å². The second kappa shape index (κ2) is 6.92. The first kappa shape index (κ1) is 13.6. The number of aromatic nitrogens is 1. The van der Waals surface area contributed by atoms with Gasteiger partial charge in [0.2, 0.25) is 5.89 Å². The Bertz CT molecular complexity index is 511. The van der Waals surface area contributed by atoms with Crippen molar-refractivity contribution in [2.24, 2.45) is 0 Å². The number of benzene rings is 1. The maximum atomic E-state index is 5.70. The normalized spacial score (nSPS) is 10.6. The standard InChI is InChI=1S/C14H18N2O3/c1-17-8-7-15-10-14-16-9-13(19-14)11-5-3-4-6-12(11)18-2/h3-6,9,15H,7-8,10H2,1-2H3. The van der Waals surface area contributed by atoms with Gasteiger partial charge in [-0.3, -0.25) is 0 Å². The molecule has 0 bridgehead atoms. The lowest BCUT2D eigenvalue weighted by atomic mass is 10.1. The molecule has 0 aliphatic carbocycles. The van der Waals surface area contributed by atoms with Gasteiger partial charge in [-0.2, -0.15) is 0 Å². The SMILES string of the molecule is COCCNCc1ncc(-c2ccccc2OC)o1. The highest BCUT2D eigenvalue weighted by Crippen LogP contribution is 2.29. The average molecular weight is 262 g/mol. The van der Waals surface area contributed by atoms with Crippen molar-refractivity contribution in [3.05, 3.63) is 36.4 Å². The molecule has 102 valence electrons. The lowest BCUT2D eigenvalue weighted by molar-refractivity contribution is 0.198. The van der Waals surface area contributed by atoms with Gasteiger partial charge in [-0.05, 0) is 12.1 Å². The summed E-state index contributed by atoms with van der Waals surface area (Å²) in [7, 11) is 3.31. The summed E-state index contributed by atoms with van der Waals surface area (Å²) in [4.78, 5) is 4.24. The van der Waals surface area contributed by atoms with Crippen molar-refractivity contribution in [1.82, 2.24) is 10.3 Å². The van der Waals surface area contributed by atoms with Crippen LogP contribution in [0.5, 0.6) is 5.75 Å². The van der Waals surface area contributed by atoms with Gasteiger partial charge in [0.25, 0.3) is 0 Å². The van der Waals surface area contributed by atoms with E-state index in [4.69, 9.17) is 13.9 Å². The van der Waals surface area contributed by atoms with E-state index in [-0.39, 0.29) is 0 Å². The number of hydrogen-bond acceptors (Lipinski definition) is 5. The van der Waals surface area contributed by atoms with Crippen LogP contribution in [-0.2, 0) is 11.3 Å². The number of methoxy groups -OCH3 is 2. The summed E-state index contributed by atoms with van der Waals surface area (Å²) in [5.41, 5.74) is 0.903. The number of oxazole rings is 1. The number of nitrogens with one attached hydrogen (secondary N) is 1. The van der Waals surface area contributed by atoms with Crippen LogP contribution in [0.1, 0.15) is 5.89 Å². The van der Waals surface area contributed by atoms with Crippen LogP contribution in [0.3, 0.4) is 0 Å². The van der Waals surface area contributed by atoms with Gasteiger partial charge in [0.05, 0.1) is 32.0 Å². The van der Waals surface area contributed by atoms with E-state index in [2.05, 4.69) is 10.3 Å². The number of para-hydroxylation sites is 1. The van der Waals surface area contributed by atoms with Crippen LogP contribution in [0.2, 0.25) is 0 Å². The Morgan fingerprint density at radius 1 is 1.26 bits per heavy atom. The van der Waals surface area contributed by atoms with E-state index in [9.17, 15) is 0 Å². The summed E-state index contributed by atoms with van der Waals surface area (Å²) >= 11 is 0. The molecule has 2 aromatic rings. The van der Waals surface area contributed by atoms with E-state index in [1.54, 1.807) is 20.4 Å². The summed E-state index contributed by atoms with van der Waals surface area (Å²) < 4.78 is 16.0. The summed E-state index contributed by atoms with van der Waals surface area (Å²) in [5, 5.41) is 3.18. The first-order valence-corrected chi connectivity index (χ1v) is 6.13. The summed E-state index contributed by atoms with van der Waals surface area (Å²) in [6.07, 6.45) is 1.71. The Hall–Kier alpha value is -1.85. The molecule has 0 atom stereocenters. The fourth-order valence-corrected chi connectivity index (χ4v) is 1.73. The van der Waals surface area contributed by atoms with Crippen molar-refractivity contribution in [3.8, 4) is 17.1 Å². The topological polar surface area (TPSA) is 56.5 Å². The Labute approximate surface area is 112 Å². The maximum Gasteiger partial charge on any atom is 0.208 e. The highest BCUT2D eigenvalue weighted by Gasteiger charge is 2.10. The summed E-state index contributed by atoms with van der Waals surface area (Å²) in [5.74, 6) is 2.13. The molecule has 1 heterocycles. The van der Waals surface area contributed by atoms with E-state index >= 15 is 0 Å². The van der Waals surface area contributed by atoms with Crippen LogP contribution in [0.25, 0.3) is 11.3 Å². The van der Waals surface area contributed by atoms with Crippen molar-refractivity contribution in [1.29, 1.82) is 0 Å². The molecule has 1 N–H and O–H groups in total. The van der Waals surface area contributed by atoms with Crippen molar-refractivity contribution in [3.63, 3.8) is 0 Å². The molecule has 5 heteroatoms. The second-order valence-electron chi connectivity index (χ2n) is 3.99. The predicted molar refractivity (Wildman–Crippen MR) is 72.1 cm³/mol. The van der Waals surface area contributed by atoms with Crippen LogP contribution in [0.15, 0.2) is 34.9 Å². The van der Waals surface area contributed by atoms with Crippen LogP contribution in [0.4, 0.5) is 0 Å². The quantitative estimate of drug-likeness (QED) is 0.774. The number of hydrogen-bond donors (Lipinski definition) is 1. The molecular formula is C14H18N2O3. The molecule has 19 heavy (non-hydrogen) atoms. The largest absolute Gasteiger partial charge is 0.496 e. The fraction of sp³-hybridized carbons (Fsp3) is 0.357. The highest BCUT2D eigenvalue weighted by atomic mass is 16.5. The summed E-state index contributed by atoms with van der Waals surface area (Å²) in [6.45, 7) is 2.02. The number of ether oxygens (including phenoxy) is 2. The maximum absolute atomic E-state index is 5.70. The molecule has 0 radical (unpaired) electrons. The molecule has 0 aliphatic heterocycles. The predicted octanol–water partition coefficient (Wildman–Crippen LogP) is 2.09. The third kappa shape index (κ3) is 3.56. The van der Waals surface area contributed by atoms with Crippen LogP contribution in [0, 0.1) is 0 Å². The lowest BCUT2D eigenvalue weighted by Crippen LogP contribution is -2.18. The van der Waals surface area contributed by atoms with E-state index in [1.165, 1.54) is 0 Å². The fourth-order valence-electron chi connectivity index (χ4n) is 1.73. The first-order chi connectivity index (χ1) is 9.35.